The van der Waals surface area contributed by atoms with Crippen molar-refractivity contribution >= 4 is 34.5 Å². The highest BCUT2D eigenvalue weighted by Crippen LogP contribution is 2.32. The van der Waals surface area contributed by atoms with E-state index in [1.807, 2.05) is 31.2 Å². The molecular weight excluding hydrogens is 528 g/mol. The molecule has 214 valence electrons. The van der Waals surface area contributed by atoms with Crippen molar-refractivity contribution < 1.29 is 18.7 Å². The third kappa shape index (κ3) is 6.96. The Morgan fingerprint density at radius 1 is 1.10 bits per heavy atom. The number of hydrogen-bond donors (Lipinski definition) is 2. The van der Waals surface area contributed by atoms with Crippen molar-refractivity contribution in [2.45, 2.75) is 81.5 Å². The summed E-state index contributed by atoms with van der Waals surface area (Å²) in [4.78, 5) is 44.3. The molecule has 2 aliphatic rings. The van der Waals surface area contributed by atoms with Crippen LogP contribution in [0, 0.1) is 11.8 Å². The molecule has 10 heteroatoms. The average Bonchev–Trinajstić information content (AvgIpc) is 3.70. The number of benzene rings is 1. The van der Waals surface area contributed by atoms with Crippen molar-refractivity contribution in [1.29, 1.82) is 0 Å². The van der Waals surface area contributed by atoms with Gasteiger partial charge in [-0.25, -0.2) is 4.98 Å². The molecule has 0 radical (unpaired) electrons. The number of ether oxygens (including phenoxy) is 1. The Morgan fingerprint density at radius 2 is 1.93 bits per heavy atom. The molecule has 2 amide bonds. The molecule has 5 rings (SSSR count). The maximum atomic E-state index is 13.6. The van der Waals surface area contributed by atoms with Crippen molar-refractivity contribution in [3.05, 3.63) is 58.8 Å². The number of nitrogens with one attached hydrogen (secondary N) is 2. The monoisotopic (exact) mass is 566 g/mol. The van der Waals surface area contributed by atoms with Crippen LogP contribution >= 0.6 is 11.8 Å². The second-order valence-electron chi connectivity index (χ2n) is 10.7. The first kappa shape index (κ1) is 28.4. The predicted octanol–water partition coefficient (Wildman–Crippen LogP) is 4.28. The van der Waals surface area contributed by atoms with E-state index in [1.165, 1.54) is 11.8 Å². The van der Waals surface area contributed by atoms with Gasteiger partial charge in [-0.05, 0) is 75.1 Å². The molecule has 2 fully saturated rings. The van der Waals surface area contributed by atoms with Gasteiger partial charge in [0.25, 0.3) is 5.56 Å². The SMILES string of the molecule is CC[C@@H](Sc1nc2ccccc2c(=O)n1CC1CCC(C(=O)NC[C@H]2CCCO2)CC1)C(=O)NCc1ccco1. The van der Waals surface area contributed by atoms with Crippen molar-refractivity contribution in [2.75, 3.05) is 13.2 Å². The Bertz CT molecular complexity index is 1340. The largest absolute Gasteiger partial charge is 0.467 e. The van der Waals surface area contributed by atoms with Gasteiger partial charge in [0.1, 0.15) is 5.76 Å². The summed E-state index contributed by atoms with van der Waals surface area (Å²) >= 11 is 1.34. The van der Waals surface area contributed by atoms with Gasteiger partial charge in [0, 0.05) is 25.6 Å². The second kappa shape index (κ2) is 13.5. The normalized spacial score (nSPS) is 21.8. The Balaban J connectivity index is 1.26. The molecule has 9 nitrogen and oxygen atoms in total. The fraction of sp³-hybridized carbons (Fsp3) is 0.533. The smallest absolute Gasteiger partial charge is 0.262 e. The van der Waals surface area contributed by atoms with E-state index < -0.39 is 5.25 Å². The summed E-state index contributed by atoms with van der Waals surface area (Å²) in [6.45, 7) is 4.16. The summed E-state index contributed by atoms with van der Waals surface area (Å²) in [5.41, 5.74) is 0.541. The fourth-order valence-corrected chi connectivity index (χ4v) is 6.63. The molecule has 2 atom stereocenters. The van der Waals surface area contributed by atoms with Crippen LogP contribution in [0.2, 0.25) is 0 Å². The zero-order valence-corrected chi connectivity index (χ0v) is 23.8. The molecule has 1 aliphatic carbocycles. The average molecular weight is 567 g/mol. The minimum absolute atomic E-state index is 0.000258. The summed E-state index contributed by atoms with van der Waals surface area (Å²) in [6.07, 6.45) is 7.70. The zero-order chi connectivity index (χ0) is 27.9. The van der Waals surface area contributed by atoms with Crippen LogP contribution in [0.1, 0.15) is 57.6 Å². The van der Waals surface area contributed by atoms with Gasteiger partial charge in [-0.3, -0.25) is 19.0 Å². The van der Waals surface area contributed by atoms with E-state index in [1.54, 1.807) is 23.0 Å². The van der Waals surface area contributed by atoms with Crippen LogP contribution in [-0.2, 0) is 27.4 Å². The number of fused-ring (bicyclic) bond motifs is 1. The lowest BCUT2D eigenvalue weighted by molar-refractivity contribution is -0.126. The van der Waals surface area contributed by atoms with Gasteiger partial charge in [-0.2, -0.15) is 0 Å². The van der Waals surface area contributed by atoms with Crippen LogP contribution in [0.3, 0.4) is 0 Å². The number of para-hydroxylation sites is 1. The number of carbonyl (C=O) groups excluding carboxylic acids is 2. The summed E-state index contributed by atoms with van der Waals surface area (Å²) < 4.78 is 12.7. The number of aromatic nitrogens is 2. The molecule has 1 saturated carbocycles. The Kier molecular flexibility index (Phi) is 9.59. The van der Waals surface area contributed by atoms with Gasteiger partial charge < -0.3 is 19.8 Å². The van der Waals surface area contributed by atoms with Gasteiger partial charge >= 0.3 is 0 Å². The highest BCUT2D eigenvalue weighted by atomic mass is 32.2. The van der Waals surface area contributed by atoms with Crippen LogP contribution < -0.4 is 16.2 Å². The Morgan fingerprint density at radius 3 is 2.65 bits per heavy atom. The molecule has 1 aliphatic heterocycles. The number of thioether (sulfide) groups is 1. The molecule has 3 aromatic rings. The van der Waals surface area contributed by atoms with Crippen molar-refractivity contribution in [2.24, 2.45) is 11.8 Å². The first-order chi connectivity index (χ1) is 19.5. The standard InChI is InChI=1S/C30H38N4O5S/c1-2-26(28(36)32-18-23-8-6-16-39-23)40-30-33-25-10-4-3-9-24(25)29(37)34(30)19-20-11-13-21(14-12-20)27(35)31-17-22-7-5-15-38-22/h3-4,6,8-10,16,20-22,26H,2,5,7,11-15,17-19H2,1H3,(H,31,35)(H,32,36)/t20?,21?,22-,26-/m1/s1. The highest BCUT2D eigenvalue weighted by Gasteiger charge is 2.29. The van der Waals surface area contributed by atoms with E-state index in [-0.39, 0.29) is 35.3 Å². The maximum absolute atomic E-state index is 13.6. The molecule has 0 unspecified atom stereocenters. The second-order valence-corrected chi connectivity index (χ2v) is 11.9. The predicted molar refractivity (Wildman–Crippen MR) is 154 cm³/mol. The topological polar surface area (TPSA) is 115 Å². The van der Waals surface area contributed by atoms with Gasteiger partial charge in [-0.15, -0.1) is 0 Å². The van der Waals surface area contributed by atoms with Gasteiger partial charge in [0.15, 0.2) is 5.16 Å². The van der Waals surface area contributed by atoms with Crippen LogP contribution in [-0.4, -0.2) is 45.9 Å². The van der Waals surface area contributed by atoms with E-state index in [0.717, 1.165) is 45.1 Å². The molecule has 2 N–H and O–H groups in total. The third-order valence-corrected chi connectivity index (χ3v) is 9.30. The van der Waals surface area contributed by atoms with Crippen LogP contribution in [0.15, 0.2) is 57.0 Å². The van der Waals surface area contributed by atoms with E-state index in [9.17, 15) is 14.4 Å². The lowest BCUT2D eigenvalue weighted by atomic mass is 9.81. The van der Waals surface area contributed by atoms with E-state index in [2.05, 4.69) is 10.6 Å². The maximum Gasteiger partial charge on any atom is 0.262 e. The van der Waals surface area contributed by atoms with E-state index in [4.69, 9.17) is 14.1 Å². The van der Waals surface area contributed by atoms with Crippen molar-refractivity contribution in [3.8, 4) is 0 Å². The first-order valence-corrected chi connectivity index (χ1v) is 15.3. The highest BCUT2D eigenvalue weighted by molar-refractivity contribution is 8.00. The number of nitrogens with zero attached hydrogens (tertiary/aromatic N) is 2. The number of hydrogen-bond acceptors (Lipinski definition) is 7. The van der Waals surface area contributed by atoms with E-state index in [0.29, 0.717) is 47.9 Å². The lowest BCUT2D eigenvalue weighted by Gasteiger charge is -2.29. The molecule has 1 aromatic carbocycles. The minimum atomic E-state index is -0.405. The summed E-state index contributed by atoms with van der Waals surface area (Å²) in [5, 5.41) is 6.74. The summed E-state index contributed by atoms with van der Waals surface area (Å²) in [7, 11) is 0. The zero-order valence-electron chi connectivity index (χ0n) is 23.0. The molecule has 0 bridgehead atoms. The fourth-order valence-electron chi connectivity index (χ4n) is 5.58. The number of furan rings is 1. The Hall–Kier alpha value is -3.11. The van der Waals surface area contributed by atoms with Gasteiger partial charge in [0.2, 0.25) is 11.8 Å². The molecule has 40 heavy (non-hydrogen) atoms. The van der Waals surface area contributed by atoms with E-state index >= 15 is 0 Å². The molecule has 0 spiro atoms. The number of carbonyl (C=O) groups is 2. The van der Waals surface area contributed by atoms with Crippen molar-refractivity contribution in [3.63, 3.8) is 0 Å². The Labute approximate surface area is 238 Å². The molecular formula is C30H38N4O5S. The van der Waals surface area contributed by atoms with Gasteiger partial charge in [0.05, 0.1) is 35.1 Å². The summed E-state index contributed by atoms with van der Waals surface area (Å²) in [6, 6.07) is 11.0. The van der Waals surface area contributed by atoms with Crippen LogP contribution in [0.5, 0.6) is 0 Å². The third-order valence-electron chi connectivity index (χ3n) is 7.94. The molecule has 2 aromatic heterocycles. The van der Waals surface area contributed by atoms with Crippen LogP contribution in [0.4, 0.5) is 0 Å². The quantitative estimate of drug-likeness (QED) is 0.263. The lowest BCUT2D eigenvalue weighted by Crippen LogP contribution is -2.38. The first-order valence-electron chi connectivity index (χ1n) is 14.4. The minimum Gasteiger partial charge on any atom is -0.467 e. The van der Waals surface area contributed by atoms with Crippen LogP contribution in [0.25, 0.3) is 10.9 Å². The van der Waals surface area contributed by atoms with Gasteiger partial charge in [-0.1, -0.05) is 30.8 Å². The number of rotatable bonds is 11. The molecule has 1 saturated heterocycles. The molecule has 3 heterocycles. The number of amides is 2. The van der Waals surface area contributed by atoms with Crippen molar-refractivity contribution in [1.82, 2.24) is 20.2 Å². The summed E-state index contributed by atoms with van der Waals surface area (Å²) in [5.74, 6) is 0.939.